The van der Waals surface area contributed by atoms with Crippen molar-refractivity contribution in [2.24, 2.45) is 52.9 Å². The minimum Gasteiger partial charge on any atom is -0.445 e. The minimum absolute atomic E-state index is 0.00769. The summed E-state index contributed by atoms with van der Waals surface area (Å²) < 4.78 is 17.8. The number of carbonyl (C=O) groups excluding carboxylic acids is 10. The number of nitrogens with one attached hydrogen (secondary N) is 4. The van der Waals surface area contributed by atoms with Crippen LogP contribution in [-0.4, -0.2) is 150 Å². The van der Waals surface area contributed by atoms with E-state index in [1.165, 1.54) is 18.4 Å². The highest BCUT2D eigenvalue weighted by molar-refractivity contribution is 7.09. The third-order valence-electron chi connectivity index (χ3n) is 19.4. The second kappa shape index (κ2) is 41.1. The van der Waals surface area contributed by atoms with E-state index in [0.29, 0.717) is 69.3 Å². The fourth-order valence-corrected chi connectivity index (χ4v) is 14.0. The zero-order valence-corrected chi connectivity index (χ0v) is 61.2. The molecule has 0 unspecified atom stereocenters. The number of urea groups is 1. The number of ether oxygens (including phenoxy) is 3. The molecule has 22 nitrogen and oxygen atoms in total. The number of likely N-dealkylation sites (N-methyl/N-ethyl adjacent to an activating group) is 1. The Balaban J connectivity index is 1.18. The van der Waals surface area contributed by atoms with Crippen molar-refractivity contribution < 1.29 is 62.2 Å². The van der Waals surface area contributed by atoms with E-state index in [4.69, 9.17) is 25.7 Å². The third kappa shape index (κ3) is 25.8. The molecule has 1 aliphatic heterocycles. The van der Waals surface area contributed by atoms with Crippen LogP contribution in [0, 0.1) is 41.4 Å². The number of alkyl carbamates (subject to hydrolysis) is 1. The van der Waals surface area contributed by atoms with Gasteiger partial charge in [-0.1, -0.05) is 134 Å². The Morgan fingerprint density at radius 2 is 1.39 bits per heavy atom. The average molecular weight is 1390 g/mol. The maximum atomic E-state index is 14.8. The van der Waals surface area contributed by atoms with Gasteiger partial charge in [0.05, 0.1) is 47.3 Å². The van der Waals surface area contributed by atoms with E-state index in [1.807, 2.05) is 93.4 Å². The molecule has 1 saturated heterocycles. The van der Waals surface area contributed by atoms with Gasteiger partial charge in [-0.3, -0.25) is 38.4 Å². The lowest BCUT2D eigenvalue weighted by Crippen LogP contribution is -2.55. The van der Waals surface area contributed by atoms with Crippen LogP contribution in [0.4, 0.5) is 15.3 Å². The molecule has 0 radical (unpaired) electrons. The van der Waals surface area contributed by atoms with E-state index in [-0.39, 0.29) is 117 Å². The van der Waals surface area contributed by atoms with E-state index < -0.39 is 83.2 Å². The first-order valence-electron chi connectivity index (χ1n) is 35.2. The number of hydrogen-bond acceptors (Lipinski definition) is 16. The van der Waals surface area contributed by atoms with Gasteiger partial charge >= 0.3 is 12.1 Å². The second-order valence-corrected chi connectivity index (χ2v) is 28.9. The van der Waals surface area contributed by atoms with Crippen LogP contribution in [0.2, 0.25) is 0 Å². The van der Waals surface area contributed by atoms with Crippen molar-refractivity contribution >= 4 is 75.9 Å². The number of nitrogens with zero attached hydrogens (tertiary/aromatic N) is 3. The number of unbranched alkanes of at least 4 members (excludes halogenated alkanes) is 1. The van der Waals surface area contributed by atoms with Crippen LogP contribution >= 0.6 is 11.3 Å². The molecule has 1 aromatic heterocycles. The Labute approximate surface area is 590 Å². The molecular formula is C76H111N9O13S. The maximum Gasteiger partial charge on any atom is 0.408 e. The monoisotopic (exact) mass is 1390 g/mol. The van der Waals surface area contributed by atoms with E-state index in [0.717, 1.165) is 22.6 Å². The minimum atomic E-state index is -1.47. The van der Waals surface area contributed by atoms with Gasteiger partial charge in [0.15, 0.2) is 11.6 Å². The van der Waals surface area contributed by atoms with E-state index in [2.05, 4.69) is 38.4 Å². The molecule has 23 heteroatoms. The summed E-state index contributed by atoms with van der Waals surface area (Å²) in [6, 6.07) is 23.2. The molecule has 0 saturated carbocycles. The molecule has 11 atom stereocenters. The van der Waals surface area contributed by atoms with Gasteiger partial charge < -0.3 is 56.7 Å². The molecule has 2 heterocycles. The predicted octanol–water partition coefficient (Wildman–Crippen LogP) is 10.3. The first-order valence-corrected chi connectivity index (χ1v) is 36.1. The fourth-order valence-electron chi connectivity index (χ4n) is 13.3. The normalized spacial score (nSPS) is 16.2. The number of ketones is 4. The Kier molecular flexibility index (Phi) is 34.0. The number of anilines is 1. The van der Waals surface area contributed by atoms with Crippen LogP contribution in [0.1, 0.15) is 173 Å². The lowest BCUT2D eigenvalue weighted by atomic mass is 9.83. The van der Waals surface area contributed by atoms with Crippen LogP contribution in [0.25, 0.3) is 0 Å². The van der Waals surface area contributed by atoms with Gasteiger partial charge in [-0.2, -0.15) is 0 Å². The van der Waals surface area contributed by atoms with Gasteiger partial charge in [-0.25, -0.2) is 14.6 Å². The van der Waals surface area contributed by atoms with Crippen molar-refractivity contribution in [2.45, 2.75) is 207 Å². The number of methoxy groups -OCH3 is 2. The van der Waals surface area contributed by atoms with Crippen LogP contribution in [0.3, 0.4) is 0 Å². The first-order chi connectivity index (χ1) is 47.1. The standard InChI is InChI=1S/C76H111N9O13S/c1-13-50(6)68(64(96-11)46-66(90)85-38-23-30-61(85)69(97-12)51(7)62(87)44-57(72-79-37-39-99-72)40-52-24-16-14-17-25-52)84(10)73(93)60(48(2)3)45-65(89)76(8,9)83-75(95)98-47-54-31-33-58(34-32-54)81-70(91)56(29-22-36-80-74(78)94)43-63(88)67(49(4)5)82-71(92)55(28-20-21-35-77)42-59(86)41-53-26-18-15-19-27-53/h14-19,24-27,31-34,37,39,48-51,55-57,60-61,64,67-69H,13,20-23,28-30,35-36,38,40-47,77H2,1-12H3,(H,81,91)(H,82,92)(H,83,95)(H3,78,80,94)/t50-,51-,55+,56+,57+,60-,61-,64+,67-,68-,69+/m0/s1. The maximum absolute atomic E-state index is 14.8. The van der Waals surface area contributed by atoms with E-state index in [9.17, 15) is 47.9 Å². The molecule has 0 spiro atoms. The Morgan fingerprint density at radius 3 is 1.98 bits per heavy atom. The molecule has 5 rings (SSSR count). The summed E-state index contributed by atoms with van der Waals surface area (Å²) in [5, 5.41) is 13.8. The molecule has 544 valence electrons. The molecule has 1 fully saturated rings. The number of rotatable bonds is 44. The SMILES string of the molecule is CC[C@H](C)[C@@H]([C@@H](CC(=O)N1CCC[C@H]1[C@H](OC)[C@@H](C)C(=O)C[C@@H](Cc1ccccc1)c1nccs1)OC)N(C)C(=O)[C@@H](CC(=O)C(C)(C)NC(=O)OCc1ccc(NC(=O)[C@H](CCCNC(N)=O)CC(=O)[C@@H](NC(=O)[C@H](CCCCN)CC(=O)Cc2ccccc2)C(C)C)cc1)C(C)C. The number of benzene rings is 3. The molecule has 4 aromatic rings. The van der Waals surface area contributed by atoms with Gasteiger partial charge in [-0.05, 0) is 112 Å². The number of amides is 7. The van der Waals surface area contributed by atoms with Crippen molar-refractivity contribution in [3.63, 3.8) is 0 Å². The third-order valence-corrected chi connectivity index (χ3v) is 20.3. The van der Waals surface area contributed by atoms with Crippen LogP contribution in [-0.2, 0) is 72.0 Å². The molecule has 7 amide bonds. The fraction of sp³-hybridized carbons (Fsp3) is 0.592. The highest BCUT2D eigenvalue weighted by Crippen LogP contribution is 2.34. The first kappa shape index (κ1) is 81.9. The van der Waals surface area contributed by atoms with Crippen LogP contribution in [0.15, 0.2) is 96.5 Å². The topological polar surface area (TPSA) is 318 Å². The van der Waals surface area contributed by atoms with Crippen molar-refractivity contribution in [1.29, 1.82) is 0 Å². The largest absolute Gasteiger partial charge is 0.445 e. The molecule has 1 aliphatic rings. The van der Waals surface area contributed by atoms with Crippen molar-refractivity contribution in [2.75, 3.05) is 46.2 Å². The number of carbonyl (C=O) groups is 10. The van der Waals surface area contributed by atoms with Crippen molar-refractivity contribution in [3.05, 3.63) is 118 Å². The lowest BCUT2D eigenvalue weighted by molar-refractivity contribution is -0.149. The number of primary amides is 1. The lowest BCUT2D eigenvalue weighted by Gasteiger charge is -2.41. The molecule has 99 heavy (non-hydrogen) atoms. The summed E-state index contributed by atoms with van der Waals surface area (Å²) in [4.78, 5) is 146. The molecule has 3 aromatic carbocycles. The van der Waals surface area contributed by atoms with Gasteiger partial charge in [0.2, 0.25) is 23.6 Å². The Bertz CT molecular complexity index is 3220. The summed E-state index contributed by atoms with van der Waals surface area (Å²) in [5.74, 6) is -6.06. The second-order valence-electron chi connectivity index (χ2n) is 27.9. The highest BCUT2D eigenvalue weighted by Gasteiger charge is 2.44. The van der Waals surface area contributed by atoms with Crippen molar-refractivity contribution in [3.8, 4) is 0 Å². The number of thiazole rings is 1. The summed E-state index contributed by atoms with van der Waals surface area (Å²) in [6.45, 7) is 17.1. The van der Waals surface area contributed by atoms with Crippen molar-refractivity contribution in [1.82, 2.24) is 30.7 Å². The molecule has 8 N–H and O–H groups in total. The zero-order chi connectivity index (χ0) is 72.9. The number of hydrogen-bond donors (Lipinski definition) is 6. The highest BCUT2D eigenvalue weighted by atomic mass is 32.1. The van der Waals surface area contributed by atoms with Crippen LogP contribution < -0.4 is 32.7 Å². The summed E-state index contributed by atoms with van der Waals surface area (Å²) in [7, 11) is 4.81. The Morgan fingerprint density at radius 1 is 0.747 bits per heavy atom. The molecule has 0 aliphatic carbocycles. The van der Waals surface area contributed by atoms with Gasteiger partial charge in [-0.15, -0.1) is 11.3 Å². The Hall–Kier alpha value is -7.73. The molecular weight excluding hydrogens is 1280 g/mol. The summed E-state index contributed by atoms with van der Waals surface area (Å²) >= 11 is 1.54. The zero-order valence-electron chi connectivity index (χ0n) is 60.4. The van der Waals surface area contributed by atoms with Crippen LogP contribution in [0.5, 0.6) is 0 Å². The number of Topliss-reactive ketones (excluding diaryl/α,β-unsaturated/α-hetero) is 4. The summed E-state index contributed by atoms with van der Waals surface area (Å²) in [6.07, 6.45) is 4.41. The van der Waals surface area contributed by atoms with Gasteiger partial charge in [0.1, 0.15) is 18.2 Å². The predicted molar refractivity (Wildman–Crippen MR) is 384 cm³/mol. The smallest absolute Gasteiger partial charge is 0.408 e. The van der Waals surface area contributed by atoms with E-state index >= 15 is 0 Å². The van der Waals surface area contributed by atoms with E-state index in [1.54, 1.807) is 77.2 Å². The number of nitrogens with two attached hydrogens (primary N) is 2. The summed E-state index contributed by atoms with van der Waals surface area (Å²) in [5.41, 5.74) is 12.5. The van der Waals surface area contributed by atoms with Gasteiger partial charge in [0, 0.05) is 113 Å². The van der Waals surface area contributed by atoms with Gasteiger partial charge in [0.25, 0.3) is 0 Å². The average Bonchev–Trinajstić information content (AvgIpc) is 1.80. The molecule has 0 bridgehead atoms. The quantitative estimate of drug-likeness (QED) is 0.0224. The number of likely N-dealkylation sites (tertiary alicyclic amines) is 1. The number of aromatic nitrogens is 1.